The lowest BCUT2D eigenvalue weighted by Gasteiger charge is -2.10. The summed E-state index contributed by atoms with van der Waals surface area (Å²) in [5.74, 6) is 2.54. The number of ether oxygens (including phenoxy) is 3. The van der Waals surface area contributed by atoms with Crippen LogP contribution < -0.4 is 25.3 Å². The lowest BCUT2D eigenvalue weighted by Crippen LogP contribution is -2.22. The average molecular weight is 457 g/mol. The van der Waals surface area contributed by atoms with E-state index in [1.54, 1.807) is 14.2 Å². The molecule has 2 aromatic rings. The van der Waals surface area contributed by atoms with Crippen LogP contribution >= 0.6 is 24.0 Å². The molecule has 0 amide bonds. The van der Waals surface area contributed by atoms with Crippen molar-refractivity contribution in [3.05, 3.63) is 48.0 Å². The van der Waals surface area contributed by atoms with Gasteiger partial charge in [0.1, 0.15) is 5.75 Å². The Kier molecular flexibility index (Phi) is 8.90. The predicted molar refractivity (Wildman–Crippen MR) is 112 cm³/mol. The molecular formula is C18H24IN3O3. The first-order valence-corrected chi connectivity index (χ1v) is 7.67. The Hall–Kier alpha value is -2.16. The van der Waals surface area contributed by atoms with E-state index in [-0.39, 0.29) is 24.0 Å². The number of anilines is 1. The molecule has 0 radical (unpaired) electrons. The summed E-state index contributed by atoms with van der Waals surface area (Å²) >= 11 is 0. The quantitative estimate of drug-likeness (QED) is 0.377. The molecular weight excluding hydrogens is 433 g/mol. The summed E-state index contributed by atoms with van der Waals surface area (Å²) in [6, 6.07) is 13.2. The van der Waals surface area contributed by atoms with Gasteiger partial charge in [0.2, 0.25) is 0 Å². The van der Waals surface area contributed by atoms with Crippen molar-refractivity contribution in [3.8, 4) is 17.2 Å². The van der Waals surface area contributed by atoms with E-state index >= 15 is 0 Å². The van der Waals surface area contributed by atoms with Gasteiger partial charge in [-0.2, -0.15) is 0 Å². The maximum Gasteiger partial charge on any atom is 0.193 e. The van der Waals surface area contributed by atoms with Crippen molar-refractivity contribution in [1.29, 1.82) is 0 Å². The van der Waals surface area contributed by atoms with Crippen molar-refractivity contribution < 1.29 is 14.2 Å². The van der Waals surface area contributed by atoms with Crippen LogP contribution in [0.2, 0.25) is 0 Å². The summed E-state index contributed by atoms with van der Waals surface area (Å²) in [6.07, 6.45) is 0. The van der Waals surface area contributed by atoms with Crippen LogP contribution in [0.3, 0.4) is 0 Å². The second-order valence-corrected chi connectivity index (χ2v) is 4.97. The van der Waals surface area contributed by atoms with Crippen LogP contribution in [0, 0.1) is 0 Å². The van der Waals surface area contributed by atoms with Gasteiger partial charge in [-0.15, -0.1) is 24.0 Å². The Morgan fingerprint density at radius 2 is 1.76 bits per heavy atom. The van der Waals surface area contributed by atoms with Crippen molar-refractivity contribution in [1.82, 2.24) is 0 Å². The number of hydrogen-bond acceptors (Lipinski definition) is 4. The molecule has 3 N–H and O–H groups in total. The molecule has 0 aliphatic carbocycles. The van der Waals surface area contributed by atoms with Crippen molar-refractivity contribution in [3.63, 3.8) is 0 Å². The number of aliphatic imine (C=N–C) groups is 1. The zero-order valence-corrected chi connectivity index (χ0v) is 16.9. The zero-order valence-electron chi connectivity index (χ0n) is 14.6. The highest BCUT2D eigenvalue weighted by Gasteiger charge is 2.05. The summed E-state index contributed by atoms with van der Waals surface area (Å²) in [5.41, 5.74) is 7.76. The van der Waals surface area contributed by atoms with Gasteiger partial charge < -0.3 is 25.3 Å². The molecule has 0 fully saturated rings. The summed E-state index contributed by atoms with van der Waals surface area (Å²) in [6.45, 7) is 2.95. The first-order chi connectivity index (χ1) is 11.7. The van der Waals surface area contributed by atoms with E-state index in [0.717, 1.165) is 17.0 Å². The highest BCUT2D eigenvalue weighted by atomic mass is 127. The molecule has 0 saturated heterocycles. The zero-order chi connectivity index (χ0) is 17.4. The SMILES string of the molecule is CCOc1cc(CN=C(N)Nc2ccc(OC)cc2)ccc1OC.I. The third kappa shape index (κ3) is 6.33. The number of guanidine groups is 1. The molecule has 0 atom stereocenters. The first kappa shape index (κ1) is 20.9. The van der Waals surface area contributed by atoms with Gasteiger partial charge in [-0.25, -0.2) is 4.99 Å². The number of halogens is 1. The van der Waals surface area contributed by atoms with E-state index in [1.165, 1.54) is 0 Å². The molecule has 0 unspecified atom stereocenters. The maximum atomic E-state index is 5.93. The Labute approximate surface area is 165 Å². The lowest BCUT2D eigenvalue weighted by atomic mass is 10.2. The number of nitrogens with zero attached hydrogens (tertiary/aromatic N) is 1. The van der Waals surface area contributed by atoms with Crippen LogP contribution in [0.1, 0.15) is 12.5 Å². The van der Waals surface area contributed by atoms with Crippen LogP contribution in [0.15, 0.2) is 47.5 Å². The molecule has 136 valence electrons. The Morgan fingerprint density at radius 3 is 2.36 bits per heavy atom. The minimum absolute atomic E-state index is 0. The Morgan fingerprint density at radius 1 is 1.04 bits per heavy atom. The van der Waals surface area contributed by atoms with Gasteiger partial charge in [0.15, 0.2) is 17.5 Å². The van der Waals surface area contributed by atoms with E-state index < -0.39 is 0 Å². The number of hydrogen-bond donors (Lipinski definition) is 2. The normalized spacial score (nSPS) is 10.6. The van der Waals surface area contributed by atoms with Gasteiger partial charge in [-0.05, 0) is 48.9 Å². The van der Waals surface area contributed by atoms with Crippen LogP contribution in [-0.2, 0) is 6.54 Å². The Bertz CT molecular complexity index is 690. The standard InChI is InChI=1S/C18H23N3O3.HI/c1-4-24-17-11-13(5-10-16(17)23-3)12-20-18(19)21-14-6-8-15(22-2)9-7-14;/h5-11H,4,12H2,1-3H3,(H3,19,20,21);1H. The van der Waals surface area contributed by atoms with Crippen LogP contribution in [0.5, 0.6) is 17.2 Å². The van der Waals surface area contributed by atoms with E-state index in [0.29, 0.717) is 30.6 Å². The fourth-order valence-corrected chi connectivity index (χ4v) is 2.13. The van der Waals surface area contributed by atoms with Gasteiger partial charge in [-0.1, -0.05) is 6.07 Å². The van der Waals surface area contributed by atoms with Crippen molar-refractivity contribution in [2.24, 2.45) is 10.7 Å². The van der Waals surface area contributed by atoms with Gasteiger partial charge in [0.25, 0.3) is 0 Å². The van der Waals surface area contributed by atoms with Crippen molar-refractivity contribution in [2.45, 2.75) is 13.5 Å². The van der Waals surface area contributed by atoms with E-state index in [2.05, 4.69) is 10.3 Å². The first-order valence-electron chi connectivity index (χ1n) is 7.67. The van der Waals surface area contributed by atoms with Crippen molar-refractivity contribution >= 4 is 35.6 Å². The lowest BCUT2D eigenvalue weighted by molar-refractivity contribution is 0.310. The molecule has 0 aliphatic rings. The van der Waals surface area contributed by atoms with Gasteiger partial charge in [0.05, 0.1) is 27.4 Å². The van der Waals surface area contributed by atoms with Gasteiger partial charge in [0, 0.05) is 5.69 Å². The molecule has 0 saturated carbocycles. The molecule has 0 bridgehead atoms. The number of benzene rings is 2. The monoisotopic (exact) mass is 457 g/mol. The fraction of sp³-hybridized carbons (Fsp3) is 0.278. The summed E-state index contributed by atoms with van der Waals surface area (Å²) in [7, 11) is 3.25. The number of methoxy groups -OCH3 is 2. The molecule has 6 nitrogen and oxygen atoms in total. The highest BCUT2D eigenvalue weighted by molar-refractivity contribution is 14.0. The molecule has 2 rings (SSSR count). The molecule has 2 aromatic carbocycles. The third-order valence-corrected chi connectivity index (χ3v) is 3.32. The van der Waals surface area contributed by atoms with Gasteiger partial charge >= 0.3 is 0 Å². The topological polar surface area (TPSA) is 78.1 Å². The van der Waals surface area contributed by atoms with E-state index in [1.807, 2.05) is 49.4 Å². The number of rotatable bonds is 7. The molecule has 0 aromatic heterocycles. The molecule has 0 spiro atoms. The molecule has 7 heteroatoms. The van der Waals surface area contributed by atoms with E-state index in [4.69, 9.17) is 19.9 Å². The molecule has 0 heterocycles. The van der Waals surface area contributed by atoms with Crippen LogP contribution in [-0.4, -0.2) is 26.8 Å². The summed E-state index contributed by atoms with van der Waals surface area (Å²) in [4.78, 5) is 4.34. The minimum Gasteiger partial charge on any atom is -0.497 e. The minimum atomic E-state index is 0. The smallest absolute Gasteiger partial charge is 0.193 e. The predicted octanol–water partition coefficient (Wildman–Crippen LogP) is 3.65. The fourth-order valence-electron chi connectivity index (χ4n) is 2.13. The van der Waals surface area contributed by atoms with E-state index in [9.17, 15) is 0 Å². The largest absolute Gasteiger partial charge is 0.497 e. The second kappa shape index (κ2) is 10.7. The Balaban J connectivity index is 0.00000312. The molecule has 25 heavy (non-hydrogen) atoms. The number of nitrogens with one attached hydrogen (secondary N) is 1. The third-order valence-electron chi connectivity index (χ3n) is 3.32. The van der Waals surface area contributed by atoms with Gasteiger partial charge in [-0.3, -0.25) is 0 Å². The van der Waals surface area contributed by atoms with Crippen LogP contribution in [0.4, 0.5) is 5.69 Å². The van der Waals surface area contributed by atoms with Crippen molar-refractivity contribution in [2.75, 3.05) is 26.1 Å². The number of nitrogens with two attached hydrogens (primary N) is 1. The second-order valence-electron chi connectivity index (χ2n) is 4.97. The summed E-state index contributed by atoms with van der Waals surface area (Å²) < 4.78 is 15.9. The highest BCUT2D eigenvalue weighted by Crippen LogP contribution is 2.28. The van der Waals surface area contributed by atoms with Crippen LogP contribution in [0.25, 0.3) is 0 Å². The summed E-state index contributed by atoms with van der Waals surface area (Å²) in [5, 5.41) is 3.04. The molecule has 0 aliphatic heterocycles. The maximum absolute atomic E-state index is 5.93. The average Bonchev–Trinajstić information content (AvgIpc) is 2.61.